The molecule has 2 rings (SSSR count). The summed E-state index contributed by atoms with van der Waals surface area (Å²) in [7, 11) is 0. The number of hydrogen-bond donors (Lipinski definition) is 3. The van der Waals surface area contributed by atoms with E-state index in [1.807, 2.05) is 30.3 Å². The van der Waals surface area contributed by atoms with Crippen LogP contribution in [0.1, 0.15) is 24.3 Å². The highest BCUT2D eigenvalue weighted by molar-refractivity contribution is 5.96. The molecule has 0 saturated heterocycles. The SMILES string of the molecule is CC(C)C(CNC(=O)c1nccnc1N)Nc1ccccc1. The van der Waals surface area contributed by atoms with Gasteiger partial charge in [0.05, 0.1) is 0 Å². The van der Waals surface area contributed by atoms with E-state index in [1.54, 1.807) is 0 Å². The highest BCUT2D eigenvalue weighted by Gasteiger charge is 2.17. The molecule has 1 atom stereocenters. The quantitative estimate of drug-likeness (QED) is 0.758. The molecule has 1 heterocycles. The van der Waals surface area contributed by atoms with E-state index in [2.05, 4.69) is 34.4 Å². The Balaban J connectivity index is 1.97. The molecule has 2 aromatic rings. The lowest BCUT2D eigenvalue weighted by molar-refractivity contribution is 0.0946. The summed E-state index contributed by atoms with van der Waals surface area (Å²) < 4.78 is 0. The van der Waals surface area contributed by atoms with Crippen LogP contribution in [0.15, 0.2) is 42.7 Å². The Bertz CT molecular complexity index is 615. The number of nitrogens with one attached hydrogen (secondary N) is 2. The molecule has 116 valence electrons. The molecule has 4 N–H and O–H groups in total. The molecule has 1 aromatic carbocycles. The third kappa shape index (κ3) is 4.18. The average Bonchev–Trinajstić information content (AvgIpc) is 2.52. The van der Waals surface area contributed by atoms with Gasteiger partial charge in [-0.05, 0) is 18.1 Å². The number of amides is 1. The maximum Gasteiger partial charge on any atom is 0.273 e. The number of carbonyl (C=O) groups is 1. The molecular weight excluding hydrogens is 278 g/mol. The van der Waals surface area contributed by atoms with Gasteiger partial charge in [0, 0.05) is 30.7 Å². The summed E-state index contributed by atoms with van der Waals surface area (Å²) in [6.07, 6.45) is 2.91. The Morgan fingerprint density at radius 1 is 1.18 bits per heavy atom. The molecular formula is C16H21N5O. The first-order valence-corrected chi connectivity index (χ1v) is 7.24. The van der Waals surface area contributed by atoms with Crippen molar-refractivity contribution < 1.29 is 4.79 Å². The summed E-state index contributed by atoms with van der Waals surface area (Å²) in [5, 5.41) is 6.28. The number of para-hydroxylation sites is 1. The fraction of sp³-hybridized carbons (Fsp3) is 0.312. The number of rotatable bonds is 6. The molecule has 22 heavy (non-hydrogen) atoms. The van der Waals surface area contributed by atoms with E-state index in [1.165, 1.54) is 12.4 Å². The first-order valence-electron chi connectivity index (χ1n) is 7.24. The van der Waals surface area contributed by atoms with Crippen LogP contribution in [-0.2, 0) is 0 Å². The third-order valence-corrected chi connectivity index (χ3v) is 3.35. The lowest BCUT2D eigenvalue weighted by atomic mass is 10.0. The molecule has 0 aliphatic rings. The summed E-state index contributed by atoms with van der Waals surface area (Å²) in [5.41, 5.74) is 6.84. The van der Waals surface area contributed by atoms with Crippen molar-refractivity contribution in [3.8, 4) is 0 Å². The molecule has 0 fully saturated rings. The predicted octanol–water partition coefficient (Wildman–Crippen LogP) is 1.93. The second-order valence-corrected chi connectivity index (χ2v) is 5.36. The van der Waals surface area contributed by atoms with Crippen LogP contribution in [0.3, 0.4) is 0 Å². The van der Waals surface area contributed by atoms with E-state index in [0.717, 1.165) is 5.69 Å². The monoisotopic (exact) mass is 299 g/mol. The first kappa shape index (κ1) is 15.8. The van der Waals surface area contributed by atoms with Crippen LogP contribution in [0.5, 0.6) is 0 Å². The molecule has 1 amide bonds. The molecule has 0 bridgehead atoms. The Kier molecular flexibility index (Phi) is 5.30. The third-order valence-electron chi connectivity index (χ3n) is 3.35. The van der Waals surface area contributed by atoms with Gasteiger partial charge in [-0.25, -0.2) is 9.97 Å². The summed E-state index contributed by atoms with van der Waals surface area (Å²) >= 11 is 0. The van der Waals surface area contributed by atoms with Gasteiger partial charge in [-0.2, -0.15) is 0 Å². The van der Waals surface area contributed by atoms with Crippen molar-refractivity contribution in [1.82, 2.24) is 15.3 Å². The van der Waals surface area contributed by atoms with Crippen molar-refractivity contribution in [3.05, 3.63) is 48.4 Å². The molecule has 0 aliphatic heterocycles. The maximum atomic E-state index is 12.1. The minimum atomic E-state index is -0.314. The van der Waals surface area contributed by atoms with Crippen molar-refractivity contribution in [2.24, 2.45) is 5.92 Å². The number of benzene rings is 1. The zero-order valence-electron chi connectivity index (χ0n) is 12.8. The topological polar surface area (TPSA) is 92.9 Å². The summed E-state index contributed by atoms with van der Waals surface area (Å²) in [6.45, 7) is 4.67. The minimum Gasteiger partial charge on any atom is -0.382 e. The van der Waals surface area contributed by atoms with Crippen LogP contribution < -0.4 is 16.4 Å². The van der Waals surface area contributed by atoms with Gasteiger partial charge in [0.1, 0.15) is 0 Å². The number of anilines is 2. The van der Waals surface area contributed by atoms with E-state index in [9.17, 15) is 4.79 Å². The largest absolute Gasteiger partial charge is 0.382 e. The Hall–Kier alpha value is -2.63. The van der Waals surface area contributed by atoms with Crippen LogP contribution in [-0.4, -0.2) is 28.5 Å². The van der Waals surface area contributed by atoms with Gasteiger partial charge in [-0.15, -0.1) is 0 Å². The number of carbonyl (C=O) groups excluding carboxylic acids is 1. The van der Waals surface area contributed by atoms with Crippen molar-refractivity contribution in [1.29, 1.82) is 0 Å². The molecule has 0 spiro atoms. The Morgan fingerprint density at radius 3 is 2.50 bits per heavy atom. The second-order valence-electron chi connectivity index (χ2n) is 5.36. The predicted molar refractivity (Wildman–Crippen MR) is 87.5 cm³/mol. The minimum absolute atomic E-state index is 0.101. The van der Waals surface area contributed by atoms with E-state index < -0.39 is 0 Å². The molecule has 0 saturated carbocycles. The zero-order chi connectivity index (χ0) is 15.9. The zero-order valence-corrected chi connectivity index (χ0v) is 12.8. The van der Waals surface area contributed by atoms with Gasteiger partial charge in [0.25, 0.3) is 5.91 Å². The van der Waals surface area contributed by atoms with Gasteiger partial charge >= 0.3 is 0 Å². The van der Waals surface area contributed by atoms with Crippen molar-refractivity contribution >= 4 is 17.4 Å². The summed E-state index contributed by atoms with van der Waals surface area (Å²) in [4.78, 5) is 20.0. The van der Waals surface area contributed by atoms with Crippen LogP contribution in [0.25, 0.3) is 0 Å². The van der Waals surface area contributed by atoms with Gasteiger partial charge in [-0.3, -0.25) is 4.79 Å². The first-order chi connectivity index (χ1) is 10.6. The fourth-order valence-electron chi connectivity index (χ4n) is 2.01. The standard InChI is InChI=1S/C16H21N5O/c1-11(2)13(21-12-6-4-3-5-7-12)10-20-16(22)14-15(17)19-9-8-18-14/h3-9,11,13,21H,10H2,1-2H3,(H2,17,19)(H,20,22). The molecule has 0 radical (unpaired) electrons. The molecule has 1 aromatic heterocycles. The smallest absolute Gasteiger partial charge is 0.273 e. The van der Waals surface area contributed by atoms with E-state index in [0.29, 0.717) is 12.5 Å². The van der Waals surface area contributed by atoms with Crippen molar-refractivity contribution in [2.45, 2.75) is 19.9 Å². The average molecular weight is 299 g/mol. The number of nitrogen functional groups attached to an aromatic ring is 1. The number of nitrogens with two attached hydrogens (primary N) is 1. The maximum absolute atomic E-state index is 12.1. The fourth-order valence-corrected chi connectivity index (χ4v) is 2.01. The normalized spacial score (nSPS) is 12.0. The van der Waals surface area contributed by atoms with Crippen LogP contribution in [0, 0.1) is 5.92 Å². The van der Waals surface area contributed by atoms with Gasteiger partial charge in [0.2, 0.25) is 0 Å². The van der Waals surface area contributed by atoms with Gasteiger partial charge in [0.15, 0.2) is 11.5 Å². The van der Waals surface area contributed by atoms with Crippen LogP contribution >= 0.6 is 0 Å². The summed E-state index contributed by atoms with van der Waals surface area (Å²) in [6, 6.07) is 10.0. The highest BCUT2D eigenvalue weighted by atomic mass is 16.1. The second kappa shape index (κ2) is 7.40. The van der Waals surface area contributed by atoms with E-state index in [4.69, 9.17) is 5.73 Å². The molecule has 6 heteroatoms. The highest BCUT2D eigenvalue weighted by Crippen LogP contribution is 2.12. The molecule has 0 aliphatic carbocycles. The van der Waals surface area contributed by atoms with E-state index in [-0.39, 0.29) is 23.5 Å². The molecule has 1 unspecified atom stereocenters. The number of aromatic nitrogens is 2. The van der Waals surface area contributed by atoms with Crippen molar-refractivity contribution in [3.63, 3.8) is 0 Å². The van der Waals surface area contributed by atoms with Crippen LogP contribution in [0.4, 0.5) is 11.5 Å². The summed E-state index contributed by atoms with van der Waals surface area (Å²) in [5.74, 6) is 0.169. The lowest BCUT2D eigenvalue weighted by Gasteiger charge is -2.24. The molecule has 6 nitrogen and oxygen atoms in total. The number of hydrogen-bond acceptors (Lipinski definition) is 5. The van der Waals surface area contributed by atoms with Crippen LogP contribution in [0.2, 0.25) is 0 Å². The van der Waals surface area contributed by atoms with E-state index >= 15 is 0 Å². The Morgan fingerprint density at radius 2 is 1.86 bits per heavy atom. The van der Waals surface area contributed by atoms with Crippen molar-refractivity contribution in [2.75, 3.05) is 17.6 Å². The van der Waals surface area contributed by atoms with Gasteiger partial charge < -0.3 is 16.4 Å². The van der Waals surface area contributed by atoms with Gasteiger partial charge in [-0.1, -0.05) is 32.0 Å². The number of nitrogens with zero attached hydrogens (tertiary/aromatic N) is 2. The lowest BCUT2D eigenvalue weighted by Crippen LogP contribution is -2.40. The Labute approximate surface area is 130 Å².